The smallest absolute Gasteiger partial charge is 0.227 e. The number of hydrogen-bond acceptors (Lipinski definition) is 14. The van der Waals surface area contributed by atoms with Gasteiger partial charge in [0.05, 0.1) is 25.3 Å². The largest absolute Gasteiger partial charge is 0.508 e. The second kappa shape index (κ2) is 18.5. The van der Waals surface area contributed by atoms with Gasteiger partial charge in [-0.2, -0.15) is 15.0 Å². The maximum atomic E-state index is 10.4. The Morgan fingerprint density at radius 1 is 0.355 bits per heavy atom. The van der Waals surface area contributed by atoms with Crippen LogP contribution >= 0.6 is 23.2 Å². The van der Waals surface area contributed by atoms with Crippen LogP contribution in [0.4, 0.5) is 0 Å². The fourth-order valence-corrected chi connectivity index (χ4v) is 6.75. The Bertz CT molecular complexity index is 2980. The third kappa shape index (κ3) is 9.42. The van der Waals surface area contributed by atoms with Crippen molar-refractivity contribution in [2.45, 2.75) is 0 Å². The fraction of sp³-hybridized carbons (Fsp3) is 0.0435. The molecule has 0 spiro atoms. The van der Waals surface area contributed by atoms with Crippen LogP contribution in [0.3, 0.4) is 0 Å². The van der Waals surface area contributed by atoms with E-state index >= 15 is 0 Å². The van der Waals surface area contributed by atoms with Gasteiger partial charge in [0.1, 0.15) is 46.0 Å². The molecule has 0 aliphatic rings. The SMILES string of the molecule is COc1ccc(-c2nc(-c3ccc(O)cc3O)nc(-c3ccc(O)cc3O)n2)c2ccccc12.COc1ccc(-c2nc(Cl)nc(Cl)n2)c2ccccc12.Oc1cccc(O)c1. The summed E-state index contributed by atoms with van der Waals surface area (Å²) in [4.78, 5) is 25.7. The number of rotatable bonds is 6. The van der Waals surface area contributed by atoms with Crippen molar-refractivity contribution >= 4 is 44.7 Å². The second-order valence-electron chi connectivity index (χ2n) is 13.1. The maximum absolute atomic E-state index is 10.4. The highest BCUT2D eigenvalue weighted by Crippen LogP contribution is 2.38. The van der Waals surface area contributed by atoms with Gasteiger partial charge in [-0.1, -0.05) is 54.6 Å². The zero-order valence-corrected chi connectivity index (χ0v) is 34.2. The van der Waals surface area contributed by atoms with Crippen LogP contribution in [0, 0.1) is 0 Å². The number of halogens is 2. The van der Waals surface area contributed by atoms with Gasteiger partial charge in [0.2, 0.25) is 10.6 Å². The molecule has 6 N–H and O–H groups in total. The first kappa shape index (κ1) is 42.2. The molecule has 9 rings (SSSR count). The van der Waals surface area contributed by atoms with E-state index < -0.39 is 0 Å². The summed E-state index contributed by atoms with van der Waals surface area (Å²) in [7, 11) is 3.24. The summed E-state index contributed by atoms with van der Waals surface area (Å²) in [6.45, 7) is 0. The second-order valence-corrected chi connectivity index (χ2v) is 13.8. The molecule has 14 nitrogen and oxygen atoms in total. The Kier molecular flexibility index (Phi) is 12.6. The average molecular weight is 870 g/mol. The van der Waals surface area contributed by atoms with Gasteiger partial charge in [0.15, 0.2) is 23.3 Å². The molecule has 0 amide bonds. The summed E-state index contributed by atoms with van der Waals surface area (Å²) in [5.74, 6) is 2.06. The van der Waals surface area contributed by atoms with E-state index in [0.717, 1.165) is 32.9 Å². The molecule has 0 saturated carbocycles. The Morgan fingerprint density at radius 2 is 0.710 bits per heavy atom. The van der Waals surface area contributed by atoms with E-state index in [0.29, 0.717) is 23.0 Å². The highest BCUT2D eigenvalue weighted by molar-refractivity contribution is 6.31. The van der Waals surface area contributed by atoms with Crippen LogP contribution in [-0.4, -0.2) is 74.8 Å². The number of aromatic hydroxyl groups is 6. The zero-order chi connectivity index (χ0) is 43.9. The number of hydrogen-bond donors (Lipinski definition) is 6. The molecule has 16 heteroatoms. The predicted octanol–water partition coefficient (Wildman–Crippen LogP) is 9.96. The monoisotopic (exact) mass is 868 g/mol. The molecular formula is C46H34Cl2N6O8. The van der Waals surface area contributed by atoms with Crippen molar-refractivity contribution in [1.82, 2.24) is 29.9 Å². The minimum atomic E-state index is -0.211. The summed E-state index contributed by atoms with van der Waals surface area (Å²) >= 11 is 11.7. The van der Waals surface area contributed by atoms with E-state index in [9.17, 15) is 20.4 Å². The molecule has 0 unspecified atom stereocenters. The number of nitrogens with zero attached hydrogens (tertiary/aromatic N) is 6. The number of benzene rings is 7. The molecule has 0 aliphatic heterocycles. The lowest BCUT2D eigenvalue weighted by atomic mass is 10.0. The highest BCUT2D eigenvalue weighted by Gasteiger charge is 2.19. The lowest BCUT2D eigenvalue weighted by Gasteiger charge is -2.13. The van der Waals surface area contributed by atoms with Crippen molar-refractivity contribution in [3.05, 3.63) is 144 Å². The van der Waals surface area contributed by atoms with Gasteiger partial charge in [0.25, 0.3) is 0 Å². The first-order chi connectivity index (χ1) is 29.9. The summed E-state index contributed by atoms with van der Waals surface area (Å²) in [6, 6.07) is 36.9. The summed E-state index contributed by atoms with van der Waals surface area (Å²) in [5, 5.41) is 61.4. The minimum Gasteiger partial charge on any atom is -0.508 e. The van der Waals surface area contributed by atoms with Crippen molar-refractivity contribution in [2.75, 3.05) is 14.2 Å². The number of phenolic OH excluding ortho intramolecular Hbond substituents is 6. The van der Waals surface area contributed by atoms with E-state index in [4.69, 9.17) is 42.9 Å². The number of fused-ring (bicyclic) bond motifs is 2. The van der Waals surface area contributed by atoms with Crippen LogP contribution in [0.1, 0.15) is 0 Å². The quantitative estimate of drug-likeness (QED) is 0.0917. The minimum absolute atomic E-state index is 0.0694. The molecule has 9 aromatic rings. The molecule has 2 heterocycles. The summed E-state index contributed by atoms with van der Waals surface area (Å²) in [6.07, 6.45) is 0. The first-order valence-corrected chi connectivity index (χ1v) is 19.2. The fourth-order valence-electron chi connectivity index (χ4n) is 6.38. The molecular weight excluding hydrogens is 835 g/mol. The van der Waals surface area contributed by atoms with E-state index in [1.54, 1.807) is 20.3 Å². The van der Waals surface area contributed by atoms with Crippen LogP contribution in [-0.2, 0) is 0 Å². The van der Waals surface area contributed by atoms with Crippen molar-refractivity contribution in [3.8, 4) is 91.5 Å². The molecule has 0 radical (unpaired) electrons. The molecule has 0 fully saturated rings. The van der Waals surface area contributed by atoms with Gasteiger partial charge in [-0.25, -0.2) is 15.0 Å². The molecule has 0 saturated heterocycles. The predicted molar refractivity (Wildman–Crippen MR) is 236 cm³/mol. The number of aromatic nitrogens is 6. The van der Waals surface area contributed by atoms with Gasteiger partial charge < -0.3 is 40.1 Å². The lowest BCUT2D eigenvalue weighted by Crippen LogP contribution is -2.01. The molecule has 2 aromatic heterocycles. The first-order valence-electron chi connectivity index (χ1n) is 18.4. The molecule has 0 aliphatic carbocycles. The lowest BCUT2D eigenvalue weighted by molar-refractivity contribution is 0.420. The highest BCUT2D eigenvalue weighted by atomic mass is 35.5. The zero-order valence-electron chi connectivity index (χ0n) is 32.6. The van der Waals surface area contributed by atoms with Crippen LogP contribution in [0.5, 0.6) is 46.0 Å². The van der Waals surface area contributed by atoms with E-state index in [1.165, 1.54) is 54.6 Å². The van der Waals surface area contributed by atoms with Crippen LogP contribution in [0.15, 0.2) is 133 Å². The van der Waals surface area contributed by atoms with Gasteiger partial charge >= 0.3 is 0 Å². The molecule has 62 heavy (non-hydrogen) atoms. The van der Waals surface area contributed by atoms with Crippen molar-refractivity contribution in [3.63, 3.8) is 0 Å². The molecule has 0 atom stereocenters. The van der Waals surface area contributed by atoms with E-state index in [2.05, 4.69) is 29.9 Å². The third-order valence-corrected chi connectivity index (χ3v) is 9.52. The average Bonchev–Trinajstić information content (AvgIpc) is 3.25. The Balaban J connectivity index is 0.000000172. The Morgan fingerprint density at radius 3 is 1.08 bits per heavy atom. The van der Waals surface area contributed by atoms with Crippen molar-refractivity contribution in [1.29, 1.82) is 0 Å². The van der Waals surface area contributed by atoms with Crippen LogP contribution in [0.25, 0.3) is 67.1 Å². The van der Waals surface area contributed by atoms with E-state index in [1.807, 2.05) is 72.8 Å². The van der Waals surface area contributed by atoms with Gasteiger partial charge in [-0.15, -0.1) is 0 Å². The summed E-state index contributed by atoms with van der Waals surface area (Å²) in [5.41, 5.74) is 2.07. The molecule has 310 valence electrons. The third-order valence-electron chi connectivity index (χ3n) is 9.18. The van der Waals surface area contributed by atoms with Crippen LogP contribution in [0.2, 0.25) is 10.6 Å². The van der Waals surface area contributed by atoms with Gasteiger partial charge in [0, 0.05) is 40.1 Å². The number of phenols is 6. The molecule has 7 aromatic carbocycles. The van der Waals surface area contributed by atoms with Gasteiger partial charge in [-0.05, 0) is 94.6 Å². The van der Waals surface area contributed by atoms with Crippen LogP contribution < -0.4 is 9.47 Å². The number of methoxy groups -OCH3 is 2. The standard InChI is InChI=1S/C26H19N3O5.C14H9Cl2N3O.C6H6O2/c1-34-23-11-10-18(16-4-2-3-5-17(16)23)24-27-25(19-8-6-14(30)12-21(19)32)29-26(28-24)20-9-7-15(31)13-22(20)33;1-20-11-7-6-10(8-4-2-3-5-9(8)11)12-17-13(15)19-14(16)18-12;7-5-2-1-3-6(8)4-5/h2-13,30-33H,1H3;2-7H,1H3;1-4,7-8H. The topological polar surface area (TPSA) is 217 Å². The maximum Gasteiger partial charge on any atom is 0.227 e. The van der Waals surface area contributed by atoms with Gasteiger partial charge in [-0.3, -0.25) is 0 Å². The van der Waals surface area contributed by atoms with Crippen molar-refractivity contribution in [2.24, 2.45) is 0 Å². The number of ether oxygens (including phenoxy) is 2. The van der Waals surface area contributed by atoms with Crippen molar-refractivity contribution < 1.29 is 40.1 Å². The molecule has 0 bridgehead atoms. The Hall–Kier alpha value is -7.94. The Labute approximate surface area is 363 Å². The van der Waals surface area contributed by atoms with E-state index in [-0.39, 0.29) is 67.8 Å². The normalized spacial score (nSPS) is 10.6. The summed E-state index contributed by atoms with van der Waals surface area (Å²) < 4.78 is 10.9.